The molecule has 0 fully saturated rings. The van der Waals surface area contributed by atoms with Gasteiger partial charge in [0.15, 0.2) is 11.5 Å². The fourth-order valence-electron chi connectivity index (χ4n) is 2.53. The van der Waals surface area contributed by atoms with Crippen molar-refractivity contribution in [3.63, 3.8) is 0 Å². The first-order valence-corrected chi connectivity index (χ1v) is 8.08. The van der Waals surface area contributed by atoms with Gasteiger partial charge in [0.05, 0.1) is 12.6 Å². The van der Waals surface area contributed by atoms with Crippen molar-refractivity contribution in [1.82, 2.24) is 10.3 Å². The summed E-state index contributed by atoms with van der Waals surface area (Å²) in [4.78, 5) is 16.8. The molecule has 3 aromatic rings. The maximum atomic E-state index is 12.4. The number of benzene rings is 2. The van der Waals surface area contributed by atoms with Crippen LogP contribution in [0.3, 0.4) is 0 Å². The highest BCUT2D eigenvalue weighted by Crippen LogP contribution is 2.28. The summed E-state index contributed by atoms with van der Waals surface area (Å²) in [5.41, 5.74) is 2.03. The van der Waals surface area contributed by atoms with Crippen LogP contribution in [0.4, 0.5) is 0 Å². The van der Waals surface area contributed by atoms with Gasteiger partial charge in [0.1, 0.15) is 12.3 Å². The zero-order valence-electron chi connectivity index (χ0n) is 14.4. The van der Waals surface area contributed by atoms with E-state index in [9.17, 15) is 4.79 Å². The van der Waals surface area contributed by atoms with Crippen molar-refractivity contribution in [3.05, 3.63) is 65.9 Å². The van der Waals surface area contributed by atoms with Gasteiger partial charge in [-0.25, -0.2) is 4.98 Å². The molecule has 0 spiro atoms. The van der Waals surface area contributed by atoms with E-state index < -0.39 is 0 Å². The van der Waals surface area contributed by atoms with Gasteiger partial charge in [-0.3, -0.25) is 4.79 Å². The van der Waals surface area contributed by atoms with E-state index in [1.54, 1.807) is 25.3 Å². The lowest BCUT2D eigenvalue weighted by Crippen LogP contribution is -2.23. The van der Waals surface area contributed by atoms with Crippen molar-refractivity contribution in [2.75, 3.05) is 13.7 Å². The second-order valence-electron chi connectivity index (χ2n) is 5.55. The molecule has 0 bridgehead atoms. The zero-order chi connectivity index (χ0) is 18.4. The van der Waals surface area contributed by atoms with Crippen LogP contribution < -0.4 is 14.8 Å². The van der Waals surface area contributed by atoms with Crippen LogP contribution in [-0.4, -0.2) is 24.6 Å². The number of hydrogen-bond acceptors (Lipinski definition) is 4. The van der Waals surface area contributed by atoms with E-state index >= 15 is 0 Å². The molecule has 3 rings (SSSR count). The summed E-state index contributed by atoms with van der Waals surface area (Å²) in [7, 11) is 1.56. The van der Waals surface area contributed by atoms with Crippen molar-refractivity contribution in [2.45, 2.75) is 6.54 Å². The number of hydrogen-bond donors (Lipinski definition) is 1. The number of terminal acetylenes is 1. The third-order valence-electron chi connectivity index (χ3n) is 3.82. The smallest absolute Gasteiger partial charge is 0.270 e. The third-order valence-corrected chi connectivity index (χ3v) is 3.82. The largest absolute Gasteiger partial charge is 0.493 e. The third kappa shape index (κ3) is 3.93. The quantitative estimate of drug-likeness (QED) is 0.697. The van der Waals surface area contributed by atoms with Crippen LogP contribution in [0.15, 0.2) is 54.6 Å². The second kappa shape index (κ2) is 8.04. The topological polar surface area (TPSA) is 60.5 Å². The molecule has 5 heteroatoms. The highest BCUT2D eigenvalue weighted by molar-refractivity contribution is 5.94. The fourth-order valence-corrected chi connectivity index (χ4v) is 2.53. The molecule has 0 aliphatic heterocycles. The molecule has 0 aliphatic carbocycles. The number of fused-ring (bicyclic) bond motifs is 1. The first-order chi connectivity index (χ1) is 12.7. The van der Waals surface area contributed by atoms with Crippen LogP contribution in [0.2, 0.25) is 0 Å². The van der Waals surface area contributed by atoms with E-state index in [1.807, 2.05) is 36.4 Å². The Labute approximate surface area is 152 Å². The minimum atomic E-state index is -0.238. The van der Waals surface area contributed by atoms with E-state index in [1.165, 1.54) is 0 Å². The number of methoxy groups -OCH3 is 1. The van der Waals surface area contributed by atoms with Crippen LogP contribution in [0, 0.1) is 12.3 Å². The summed E-state index contributed by atoms with van der Waals surface area (Å²) in [5, 5.41) is 3.86. The first kappa shape index (κ1) is 17.3. The van der Waals surface area contributed by atoms with Crippen molar-refractivity contribution in [2.24, 2.45) is 0 Å². The maximum Gasteiger partial charge on any atom is 0.270 e. The van der Waals surface area contributed by atoms with Crippen molar-refractivity contribution >= 4 is 16.8 Å². The number of nitrogens with one attached hydrogen (secondary N) is 1. The van der Waals surface area contributed by atoms with Crippen LogP contribution >= 0.6 is 0 Å². The van der Waals surface area contributed by atoms with Crippen molar-refractivity contribution in [1.29, 1.82) is 0 Å². The van der Waals surface area contributed by atoms with Gasteiger partial charge in [-0.1, -0.05) is 36.3 Å². The van der Waals surface area contributed by atoms with Crippen molar-refractivity contribution in [3.8, 4) is 23.8 Å². The summed E-state index contributed by atoms with van der Waals surface area (Å²) in [5.74, 6) is 3.31. The predicted octanol–water partition coefficient (Wildman–Crippen LogP) is 3.19. The molecule has 0 saturated carbocycles. The summed E-state index contributed by atoms with van der Waals surface area (Å²) in [6.45, 7) is 0.483. The van der Waals surface area contributed by atoms with Crippen LogP contribution in [0.1, 0.15) is 16.1 Å². The van der Waals surface area contributed by atoms with E-state index in [0.29, 0.717) is 23.7 Å². The SMILES string of the molecule is C#CCOc1cc(CNC(=O)c2ccc3ccccc3n2)ccc1OC. The highest BCUT2D eigenvalue weighted by atomic mass is 16.5. The van der Waals surface area contributed by atoms with E-state index in [-0.39, 0.29) is 12.5 Å². The monoisotopic (exact) mass is 346 g/mol. The highest BCUT2D eigenvalue weighted by Gasteiger charge is 2.10. The lowest BCUT2D eigenvalue weighted by atomic mass is 10.2. The molecule has 130 valence electrons. The molecule has 0 atom stereocenters. The Morgan fingerprint density at radius 1 is 1.15 bits per heavy atom. The van der Waals surface area contributed by atoms with Crippen molar-refractivity contribution < 1.29 is 14.3 Å². The number of pyridine rings is 1. The van der Waals surface area contributed by atoms with Gasteiger partial charge in [0.25, 0.3) is 5.91 Å². The van der Waals surface area contributed by atoms with Gasteiger partial charge < -0.3 is 14.8 Å². The van der Waals surface area contributed by atoms with Gasteiger partial charge in [0, 0.05) is 11.9 Å². The predicted molar refractivity (Wildman–Crippen MR) is 100 cm³/mol. The van der Waals surface area contributed by atoms with Crippen LogP contribution in [0.5, 0.6) is 11.5 Å². The minimum Gasteiger partial charge on any atom is -0.493 e. The maximum absolute atomic E-state index is 12.4. The van der Waals surface area contributed by atoms with Gasteiger partial charge in [0.2, 0.25) is 0 Å². The van der Waals surface area contributed by atoms with E-state index in [2.05, 4.69) is 16.2 Å². The molecule has 0 unspecified atom stereocenters. The number of carbonyl (C=O) groups excluding carboxylic acids is 1. The summed E-state index contributed by atoms with van der Waals surface area (Å²) < 4.78 is 10.7. The van der Waals surface area contributed by atoms with Crippen LogP contribution in [0.25, 0.3) is 10.9 Å². The molecule has 26 heavy (non-hydrogen) atoms. The average Bonchev–Trinajstić information content (AvgIpc) is 2.70. The Balaban J connectivity index is 1.71. The van der Waals surface area contributed by atoms with E-state index in [4.69, 9.17) is 15.9 Å². The molecule has 0 radical (unpaired) electrons. The van der Waals surface area contributed by atoms with Gasteiger partial charge in [-0.15, -0.1) is 6.42 Å². The number of carbonyl (C=O) groups is 1. The molecular weight excluding hydrogens is 328 g/mol. The molecule has 1 amide bonds. The molecule has 1 heterocycles. The molecule has 1 aromatic heterocycles. The molecule has 0 saturated heterocycles. The van der Waals surface area contributed by atoms with Crippen LogP contribution in [-0.2, 0) is 6.54 Å². The number of amides is 1. The molecule has 2 aromatic carbocycles. The molecule has 1 N–H and O–H groups in total. The Morgan fingerprint density at radius 2 is 2.00 bits per heavy atom. The molecule has 0 aliphatic rings. The number of para-hydroxylation sites is 1. The Hall–Kier alpha value is -3.52. The fraction of sp³-hybridized carbons (Fsp3) is 0.143. The molecular formula is C21H18N2O3. The van der Waals surface area contributed by atoms with E-state index in [0.717, 1.165) is 16.5 Å². The summed E-state index contributed by atoms with van der Waals surface area (Å²) in [6, 6.07) is 16.7. The standard InChI is InChI=1S/C21H18N2O3/c1-3-12-26-20-13-15(8-11-19(20)25-2)14-22-21(24)18-10-9-16-6-4-5-7-17(16)23-18/h1,4-11,13H,12,14H2,2H3,(H,22,24). The Bertz CT molecular complexity index is 976. The minimum absolute atomic E-state index is 0.146. The number of nitrogens with zero attached hydrogens (tertiary/aromatic N) is 1. The van der Waals surface area contributed by atoms with Gasteiger partial charge in [-0.05, 0) is 29.8 Å². The normalized spacial score (nSPS) is 10.2. The number of rotatable bonds is 6. The zero-order valence-corrected chi connectivity index (χ0v) is 14.4. The van der Waals surface area contributed by atoms with Gasteiger partial charge >= 0.3 is 0 Å². The Kier molecular flexibility index (Phi) is 5.35. The lowest BCUT2D eigenvalue weighted by Gasteiger charge is -2.11. The van der Waals surface area contributed by atoms with Gasteiger partial charge in [-0.2, -0.15) is 0 Å². The second-order valence-corrected chi connectivity index (χ2v) is 5.55. The first-order valence-electron chi connectivity index (χ1n) is 8.08. The summed E-state index contributed by atoms with van der Waals surface area (Å²) in [6.07, 6.45) is 5.23. The Morgan fingerprint density at radius 3 is 2.81 bits per heavy atom. The number of ether oxygens (including phenoxy) is 2. The number of aromatic nitrogens is 1. The molecule has 5 nitrogen and oxygen atoms in total. The average molecular weight is 346 g/mol. The summed E-state index contributed by atoms with van der Waals surface area (Å²) >= 11 is 0. The lowest BCUT2D eigenvalue weighted by molar-refractivity contribution is 0.0946.